The largest absolute Gasteiger partial charge is 0.471 e. The van der Waals surface area contributed by atoms with E-state index in [1.807, 2.05) is 0 Å². The molecule has 2 aromatic rings. The number of ether oxygens (including phenoxy) is 2. The molecule has 0 aliphatic carbocycles. The van der Waals surface area contributed by atoms with E-state index in [4.69, 9.17) is 21.1 Å². The number of urea groups is 1. The number of anilines is 1. The van der Waals surface area contributed by atoms with Crippen LogP contribution in [0.1, 0.15) is 22.3 Å². The number of nitrogens with one attached hydrogen (secondary N) is 2. The van der Waals surface area contributed by atoms with Gasteiger partial charge in [0.1, 0.15) is 23.2 Å². The number of hydrogen-bond donors (Lipinski definition) is 2. The van der Waals surface area contributed by atoms with E-state index >= 15 is 0 Å². The number of likely N-dealkylation sites (N-methyl/N-ethyl adjacent to an activating group) is 1. The molecule has 1 aliphatic heterocycles. The van der Waals surface area contributed by atoms with Gasteiger partial charge in [-0.25, -0.2) is 18.4 Å². The first kappa shape index (κ1) is 26.1. The number of aromatic nitrogens is 1. The van der Waals surface area contributed by atoms with Gasteiger partial charge in [0, 0.05) is 37.7 Å². The number of esters is 1. The van der Waals surface area contributed by atoms with Crippen LogP contribution in [-0.4, -0.2) is 79.6 Å². The van der Waals surface area contributed by atoms with E-state index in [-0.39, 0.29) is 27.0 Å². The van der Waals surface area contributed by atoms with Gasteiger partial charge in [0.25, 0.3) is 0 Å². The van der Waals surface area contributed by atoms with Crippen LogP contribution >= 0.6 is 23.1 Å². The molecule has 0 unspecified atom stereocenters. The number of hydrogen-bond acceptors (Lipinski definition) is 8. The molecular weight excluding hydrogens is 492 g/mol. The predicted molar refractivity (Wildman–Crippen MR) is 125 cm³/mol. The zero-order chi connectivity index (χ0) is 24.7. The third kappa shape index (κ3) is 6.98. The Morgan fingerprint density at radius 3 is 2.53 bits per heavy atom. The number of rotatable bonds is 9. The normalized spacial score (nSPS) is 14.6. The molecule has 13 heteroatoms. The van der Waals surface area contributed by atoms with Crippen LogP contribution in [0.4, 0.5) is 18.6 Å². The lowest BCUT2D eigenvalue weighted by atomic mass is 10.2. The highest BCUT2D eigenvalue weighted by atomic mass is 35.5. The summed E-state index contributed by atoms with van der Waals surface area (Å²) in [7, 11) is 3.25. The highest BCUT2D eigenvalue weighted by Gasteiger charge is 2.25. The van der Waals surface area contributed by atoms with Crippen LogP contribution < -0.4 is 15.4 Å². The fraction of sp³-hybridized carbons (Fsp3) is 0.476. The quantitative estimate of drug-likeness (QED) is 0.389. The summed E-state index contributed by atoms with van der Waals surface area (Å²) < 4.78 is 42.1. The predicted octanol–water partition coefficient (Wildman–Crippen LogP) is 3.20. The third-order valence-corrected chi connectivity index (χ3v) is 6.23. The van der Waals surface area contributed by atoms with E-state index in [9.17, 15) is 18.4 Å². The summed E-state index contributed by atoms with van der Waals surface area (Å²) in [6, 6.07) is 1.38. The van der Waals surface area contributed by atoms with Gasteiger partial charge in [-0.1, -0.05) is 11.6 Å². The van der Waals surface area contributed by atoms with Crippen molar-refractivity contribution >= 4 is 40.1 Å². The van der Waals surface area contributed by atoms with E-state index in [0.717, 1.165) is 69.9 Å². The van der Waals surface area contributed by atoms with Gasteiger partial charge in [-0.15, -0.1) is 0 Å². The maximum absolute atomic E-state index is 14.0. The number of benzene rings is 1. The van der Waals surface area contributed by atoms with Gasteiger partial charge in [-0.3, -0.25) is 5.32 Å². The standard InChI is InChI=1S/C21H26ClF2N5O4S/c1-28-6-8-29(9-7-28)5-3-4-25-21(31)26-19-17(20(30)32-2)18(27-34-19)33-12-14-15(23)10-13(22)11-16(14)24/h10-11H,3-9,12H2,1-2H3,(H2,25,26,31). The molecule has 0 saturated carbocycles. The Labute approximate surface area is 205 Å². The van der Waals surface area contributed by atoms with E-state index in [0.29, 0.717) is 6.54 Å². The summed E-state index contributed by atoms with van der Waals surface area (Å²) in [6.45, 7) is 4.83. The molecule has 1 aromatic heterocycles. The smallest absolute Gasteiger partial charge is 0.346 e. The molecule has 2 N–H and O–H groups in total. The van der Waals surface area contributed by atoms with Crippen LogP contribution in [0.2, 0.25) is 5.02 Å². The van der Waals surface area contributed by atoms with Crippen molar-refractivity contribution < 1.29 is 27.8 Å². The third-order valence-electron chi connectivity index (χ3n) is 5.27. The maximum atomic E-state index is 14.0. The van der Waals surface area contributed by atoms with E-state index in [2.05, 4.69) is 31.9 Å². The van der Waals surface area contributed by atoms with Gasteiger partial charge < -0.3 is 24.6 Å². The van der Waals surface area contributed by atoms with Crippen LogP contribution in [0.3, 0.4) is 0 Å². The summed E-state index contributed by atoms with van der Waals surface area (Å²) in [5.41, 5.74) is -0.518. The first-order valence-corrected chi connectivity index (χ1v) is 11.7. The second kappa shape index (κ2) is 12.2. The average Bonchev–Trinajstić information content (AvgIpc) is 3.18. The van der Waals surface area contributed by atoms with Crippen molar-refractivity contribution in [1.82, 2.24) is 19.5 Å². The SMILES string of the molecule is COC(=O)c1c(OCc2c(F)cc(Cl)cc2F)nsc1NC(=O)NCCCN1CCN(C)CC1. The average molecular weight is 518 g/mol. The Hall–Kier alpha value is -2.54. The van der Waals surface area contributed by atoms with Gasteiger partial charge in [0.15, 0.2) is 5.56 Å². The van der Waals surface area contributed by atoms with Crippen molar-refractivity contribution in [2.75, 3.05) is 58.7 Å². The number of carbonyl (C=O) groups excluding carboxylic acids is 2. The highest BCUT2D eigenvalue weighted by molar-refractivity contribution is 7.11. The Morgan fingerprint density at radius 2 is 1.88 bits per heavy atom. The molecule has 1 aliphatic rings. The summed E-state index contributed by atoms with van der Waals surface area (Å²) in [5.74, 6) is -2.81. The molecule has 1 aromatic carbocycles. The molecule has 9 nitrogen and oxygen atoms in total. The second-order valence-corrected chi connectivity index (χ2v) is 8.91. The van der Waals surface area contributed by atoms with Crippen molar-refractivity contribution in [3.05, 3.63) is 39.9 Å². The minimum absolute atomic E-state index is 0.0930. The molecule has 0 atom stereocenters. The Balaban J connectivity index is 1.56. The van der Waals surface area contributed by atoms with Crippen LogP contribution in [0, 0.1) is 11.6 Å². The molecule has 2 heterocycles. The fourth-order valence-electron chi connectivity index (χ4n) is 3.32. The monoisotopic (exact) mass is 517 g/mol. The van der Waals surface area contributed by atoms with Crippen LogP contribution in [0.25, 0.3) is 0 Å². The Kier molecular flexibility index (Phi) is 9.39. The van der Waals surface area contributed by atoms with Gasteiger partial charge in [-0.2, -0.15) is 4.37 Å². The zero-order valence-electron chi connectivity index (χ0n) is 18.8. The molecule has 186 valence electrons. The molecule has 0 radical (unpaired) electrons. The number of carbonyl (C=O) groups is 2. The molecule has 3 rings (SSSR count). The molecular formula is C21H26ClF2N5O4S. The van der Waals surface area contributed by atoms with Crippen LogP contribution in [-0.2, 0) is 11.3 Å². The number of methoxy groups -OCH3 is 1. The first-order valence-electron chi connectivity index (χ1n) is 10.6. The van der Waals surface area contributed by atoms with E-state index in [1.165, 1.54) is 0 Å². The Bertz CT molecular complexity index is 994. The number of piperazine rings is 1. The van der Waals surface area contributed by atoms with Crippen molar-refractivity contribution in [2.24, 2.45) is 0 Å². The lowest BCUT2D eigenvalue weighted by Gasteiger charge is -2.32. The summed E-state index contributed by atoms with van der Waals surface area (Å²) >= 11 is 6.41. The number of nitrogens with zero attached hydrogens (tertiary/aromatic N) is 3. The minimum Gasteiger partial charge on any atom is -0.471 e. The fourth-order valence-corrected chi connectivity index (χ4v) is 4.23. The molecule has 0 spiro atoms. The van der Waals surface area contributed by atoms with Gasteiger partial charge in [-0.05, 0) is 43.7 Å². The van der Waals surface area contributed by atoms with E-state index in [1.54, 1.807) is 0 Å². The number of amides is 2. The van der Waals surface area contributed by atoms with Crippen LogP contribution in [0.5, 0.6) is 5.88 Å². The lowest BCUT2D eigenvalue weighted by molar-refractivity contribution is 0.0596. The maximum Gasteiger partial charge on any atom is 0.346 e. The van der Waals surface area contributed by atoms with Crippen molar-refractivity contribution in [2.45, 2.75) is 13.0 Å². The summed E-state index contributed by atoms with van der Waals surface area (Å²) in [6.07, 6.45) is 0.774. The van der Waals surface area contributed by atoms with Crippen molar-refractivity contribution in [1.29, 1.82) is 0 Å². The topological polar surface area (TPSA) is 96.0 Å². The zero-order valence-corrected chi connectivity index (χ0v) is 20.4. The van der Waals surface area contributed by atoms with Crippen molar-refractivity contribution in [3.63, 3.8) is 0 Å². The molecule has 1 fully saturated rings. The molecule has 34 heavy (non-hydrogen) atoms. The van der Waals surface area contributed by atoms with Gasteiger partial charge in [0.05, 0.1) is 12.7 Å². The van der Waals surface area contributed by atoms with Crippen LogP contribution in [0.15, 0.2) is 12.1 Å². The molecule has 1 saturated heterocycles. The summed E-state index contributed by atoms with van der Waals surface area (Å²) in [4.78, 5) is 29.2. The second-order valence-electron chi connectivity index (χ2n) is 7.70. The first-order chi connectivity index (χ1) is 16.3. The molecule has 0 bridgehead atoms. The number of halogens is 3. The van der Waals surface area contributed by atoms with E-state index < -0.39 is 30.2 Å². The summed E-state index contributed by atoms with van der Waals surface area (Å²) in [5, 5.41) is 5.30. The minimum atomic E-state index is -0.894. The lowest BCUT2D eigenvalue weighted by Crippen LogP contribution is -2.45. The van der Waals surface area contributed by atoms with Crippen molar-refractivity contribution in [3.8, 4) is 5.88 Å². The van der Waals surface area contributed by atoms with Gasteiger partial charge in [0.2, 0.25) is 5.88 Å². The highest BCUT2D eigenvalue weighted by Crippen LogP contribution is 2.32. The Morgan fingerprint density at radius 1 is 1.21 bits per heavy atom. The molecule has 2 amide bonds. The van der Waals surface area contributed by atoms with Gasteiger partial charge >= 0.3 is 12.0 Å².